The summed E-state index contributed by atoms with van der Waals surface area (Å²) >= 11 is 5.95. The molecule has 1 aliphatic rings. The maximum absolute atomic E-state index is 13.2. The first-order valence-electron chi connectivity index (χ1n) is 9.48. The van der Waals surface area contributed by atoms with E-state index < -0.39 is 0 Å². The topological polar surface area (TPSA) is 80.1 Å². The van der Waals surface area contributed by atoms with Crippen molar-refractivity contribution in [1.82, 2.24) is 19.7 Å². The molecule has 3 aromatic rings. The largest absolute Gasteiger partial charge is 0.332 e. The first-order valence-corrected chi connectivity index (χ1v) is 9.86. The van der Waals surface area contributed by atoms with Crippen LogP contribution in [-0.2, 0) is 11.8 Å². The highest BCUT2D eigenvalue weighted by molar-refractivity contribution is 6.30. The third kappa shape index (κ3) is 3.96. The fourth-order valence-electron chi connectivity index (χ4n) is 3.48. The molecule has 1 N–H and O–H groups in total. The second-order valence-electron chi connectivity index (χ2n) is 7.50. The third-order valence-electron chi connectivity index (χ3n) is 5.05. The van der Waals surface area contributed by atoms with Gasteiger partial charge < -0.3 is 10.2 Å². The van der Waals surface area contributed by atoms with Gasteiger partial charge in [0.1, 0.15) is 0 Å². The van der Waals surface area contributed by atoms with Crippen molar-refractivity contribution in [3.05, 3.63) is 52.3 Å². The summed E-state index contributed by atoms with van der Waals surface area (Å²) in [4.78, 5) is 31.8. The zero-order chi connectivity index (χ0) is 20.7. The highest BCUT2D eigenvalue weighted by Crippen LogP contribution is 2.40. The molecule has 0 unspecified atom stereocenters. The van der Waals surface area contributed by atoms with Crippen LogP contribution in [0.1, 0.15) is 40.5 Å². The van der Waals surface area contributed by atoms with Crippen molar-refractivity contribution >= 4 is 40.1 Å². The van der Waals surface area contributed by atoms with E-state index >= 15 is 0 Å². The minimum atomic E-state index is -0.293. The van der Waals surface area contributed by atoms with Gasteiger partial charge in [-0.15, -0.1) is 0 Å². The molecule has 7 nitrogen and oxygen atoms in total. The van der Waals surface area contributed by atoms with E-state index in [1.807, 2.05) is 20.0 Å². The van der Waals surface area contributed by atoms with Gasteiger partial charge in [0.2, 0.25) is 5.91 Å². The van der Waals surface area contributed by atoms with Crippen molar-refractivity contribution in [3.8, 4) is 0 Å². The van der Waals surface area contributed by atoms with E-state index in [0.29, 0.717) is 27.8 Å². The van der Waals surface area contributed by atoms with Crippen LogP contribution >= 0.6 is 11.6 Å². The third-order valence-corrected chi connectivity index (χ3v) is 5.29. The molecule has 2 heterocycles. The Morgan fingerprint density at radius 2 is 2.07 bits per heavy atom. The van der Waals surface area contributed by atoms with Gasteiger partial charge in [-0.1, -0.05) is 17.7 Å². The normalized spacial score (nSPS) is 13.5. The maximum Gasteiger partial charge on any atom is 0.254 e. The summed E-state index contributed by atoms with van der Waals surface area (Å²) in [6.07, 6.45) is 2.17. The lowest BCUT2D eigenvalue weighted by Crippen LogP contribution is -2.35. The number of carbonyl (C=O) groups is 2. The second kappa shape index (κ2) is 7.48. The molecule has 0 spiro atoms. The van der Waals surface area contributed by atoms with Crippen LogP contribution in [0, 0.1) is 6.92 Å². The summed E-state index contributed by atoms with van der Waals surface area (Å²) in [5.74, 6) is -0.118. The van der Waals surface area contributed by atoms with Crippen molar-refractivity contribution in [2.75, 3.05) is 18.9 Å². The number of aromatic nitrogens is 3. The Labute approximate surface area is 173 Å². The Bertz CT molecular complexity index is 1120. The number of nitrogens with zero attached hydrogens (tertiary/aromatic N) is 4. The van der Waals surface area contributed by atoms with Gasteiger partial charge in [0.15, 0.2) is 5.65 Å². The first-order chi connectivity index (χ1) is 13.8. The van der Waals surface area contributed by atoms with Crippen LogP contribution in [0.4, 0.5) is 5.69 Å². The number of hydrogen-bond acceptors (Lipinski definition) is 4. The summed E-state index contributed by atoms with van der Waals surface area (Å²) in [5, 5.41) is 8.47. The molecule has 1 aromatic carbocycles. The van der Waals surface area contributed by atoms with E-state index in [1.54, 1.807) is 36.0 Å². The molecule has 0 bridgehead atoms. The number of halogens is 1. The maximum atomic E-state index is 13.2. The van der Waals surface area contributed by atoms with Crippen molar-refractivity contribution in [3.63, 3.8) is 0 Å². The van der Waals surface area contributed by atoms with Crippen molar-refractivity contribution in [2.24, 2.45) is 7.05 Å². The molecule has 1 saturated carbocycles. The smallest absolute Gasteiger partial charge is 0.254 e. The Morgan fingerprint density at radius 3 is 2.76 bits per heavy atom. The number of anilines is 1. The number of pyridine rings is 1. The fourth-order valence-corrected chi connectivity index (χ4v) is 3.67. The quantitative estimate of drug-likeness (QED) is 0.696. The zero-order valence-corrected chi connectivity index (χ0v) is 17.3. The highest BCUT2D eigenvalue weighted by atomic mass is 35.5. The number of nitrogens with one attached hydrogen (secondary N) is 1. The predicted molar refractivity (Wildman–Crippen MR) is 112 cm³/mol. The molecule has 2 aromatic heterocycles. The van der Waals surface area contributed by atoms with Crippen molar-refractivity contribution in [2.45, 2.75) is 25.7 Å². The lowest BCUT2D eigenvalue weighted by atomic mass is 10.1. The summed E-state index contributed by atoms with van der Waals surface area (Å²) < 4.78 is 1.71. The molecule has 2 amide bonds. The average molecular weight is 412 g/mol. The van der Waals surface area contributed by atoms with Gasteiger partial charge in [-0.3, -0.25) is 14.3 Å². The molecule has 150 valence electrons. The molecular weight excluding hydrogens is 390 g/mol. The van der Waals surface area contributed by atoms with Gasteiger partial charge in [-0.2, -0.15) is 5.10 Å². The molecule has 0 radical (unpaired) electrons. The van der Waals surface area contributed by atoms with E-state index in [4.69, 9.17) is 16.6 Å². The number of hydrogen-bond donors (Lipinski definition) is 1. The number of rotatable bonds is 5. The zero-order valence-electron chi connectivity index (χ0n) is 16.6. The molecule has 0 aliphatic heterocycles. The van der Waals surface area contributed by atoms with Gasteiger partial charge in [0.25, 0.3) is 5.91 Å². The van der Waals surface area contributed by atoms with Crippen LogP contribution in [-0.4, -0.2) is 45.1 Å². The minimum Gasteiger partial charge on any atom is -0.332 e. The van der Waals surface area contributed by atoms with E-state index in [0.717, 1.165) is 29.6 Å². The Morgan fingerprint density at radius 1 is 1.31 bits per heavy atom. The number of carbonyl (C=O) groups excluding carboxylic acids is 2. The van der Waals surface area contributed by atoms with Crippen LogP contribution in [0.25, 0.3) is 11.0 Å². The monoisotopic (exact) mass is 411 g/mol. The van der Waals surface area contributed by atoms with E-state index in [9.17, 15) is 9.59 Å². The van der Waals surface area contributed by atoms with Gasteiger partial charge in [-0.05, 0) is 44.0 Å². The number of fused-ring (bicyclic) bond motifs is 1. The van der Waals surface area contributed by atoms with Crippen LogP contribution in [0.3, 0.4) is 0 Å². The number of amides is 2. The second-order valence-corrected chi connectivity index (χ2v) is 7.93. The fraction of sp³-hybridized carbons (Fsp3) is 0.333. The van der Waals surface area contributed by atoms with E-state index in [-0.39, 0.29) is 18.4 Å². The summed E-state index contributed by atoms with van der Waals surface area (Å²) in [5.41, 5.74) is 3.50. The van der Waals surface area contributed by atoms with Gasteiger partial charge >= 0.3 is 0 Å². The molecule has 0 atom stereocenters. The van der Waals surface area contributed by atoms with Crippen LogP contribution < -0.4 is 5.32 Å². The van der Waals surface area contributed by atoms with Gasteiger partial charge in [-0.25, -0.2) is 4.98 Å². The van der Waals surface area contributed by atoms with Gasteiger partial charge in [0, 0.05) is 36.4 Å². The lowest BCUT2D eigenvalue weighted by Gasteiger charge is -2.18. The van der Waals surface area contributed by atoms with Crippen LogP contribution in [0.5, 0.6) is 0 Å². The lowest BCUT2D eigenvalue weighted by molar-refractivity contribution is -0.116. The Kier molecular flexibility index (Phi) is 5.00. The molecule has 29 heavy (non-hydrogen) atoms. The van der Waals surface area contributed by atoms with Crippen molar-refractivity contribution in [1.29, 1.82) is 0 Å². The Balaban J connectivity index is 1.58. The van der Waals surface area contributed by atoms with Crippen LogP contribution in [0.2, 0.25) is 5.02 Å². The SMILES string of the molecule is Cc1nn(C)c2nc(C3CC3)cc(C(=O)N(C)CC(=O)Nc3cccc(Cl)c3)c12. The standard InChI is InChI=1S/C21H22ClN5O2/c1-12-19-16(10-17(13-7-8-13)24-20(19)27(3)25-12)21(29)26(2)11-18(28)23-15-6-4-5-14(22)9-15/h4-6,9-10,13H,7-8,11H2,1-3H3,(H,23,28). The van der Waals surface area contributed by atoms with E-state index in [2.05, 4.69) is 10.4 Å². The summed E-state index contributed by atoms with van der Waals surface area (Å²) in [6, 6.07) is 8.76. The number of aryl methyl sites for hydroxylation is 2. The molecule has 1 aliphatic carbocycles. The summed E-state index contributed by atoms with van der Waals surface area (Å²) in [7, 11) is 3.45. The average Bonchev–Trinajstić information content (AvgIpc) is 3.47. The van der Waals surface area contributed by atoms with Crippen LogP contribution in [0.15, 0.2) is 30.3 Å². The summed E-state index contributed by atoms with van der Waals surface area (Å²) in [6.45, 7) is 1.79. The highest BCUT2D eigenvalue weighted by Gasteiger charge is 2.29. The molecule has 0 saturated heterocycles. The molecule has 1 fully saturated rings. The number of likely N-dealkylation sites (N-methyl/N-ethyl adjacent to an activating group) is 1. The Hall–Kier alpha value is -2.93. The molecular formula is C21H22ClN5O2. The van der Waals surface area contributed by atoms with Gasteiger partial charge in [0.05, 0.1) is 23.2 Å². The van der Waals surface area contributed by atoms with Crippen molar-refractivity contribution < 1.29 is 9.59 Å². The first kappa shape index (κ1) is 19.4. The van der Waals surface area contributed by atoms with E-state index in [1.165, 1.54) is 4.90 Å². The molecule has 8 heteroatoms. The molecule has 4 rings (SSSR count). The minimum absolute atomic E-state index is 0.0762. The predicted octanol–water partition coefficient (Wildman–Crippen LogP) is 3.52. The number of benzene rings is 1.